The van der Waals surface area contributed by atoms with Crippen LogP contribution in [0.3, 0.4) is 0 Å². The highest BCUT2D eigenvalue weighted by molar-refractivity contribution is 6.73. The Morgan fingerprint density at radius 3 is 2.53 bits per heavy atom. The minimum absolute atomic E-state index is 0.00910. The third-order valence-corrected chi connectivity index (χ3v) is 8.12. The molecule has 3 unspecified atom stereocenters. The second-order valence-electron chi connectivity index (χ2n) is 9.61. The van der Waals surface area contributed by atoms with Crippen molar-refractivity contribution in [2.24, 2.45) is 5.18 Å². The van der Waals surface area contributed by atoms with Crippen LogP contribution in [-0.4, -0.2) is 66.8 Å². The van der Waals surface area contributed by atoms with Gasteiger partial charge in [0.05, 0.1) is 25.5 Å². The Balaban J connectivity index is 1.29. The van der Waals surface area contributed by atoms with E-state index in [1.165, 1.54) is 12.1 Å². The summed E-state index contributed by atoms with van der Waals surface area (Å²) in [6.07, 6.45) is 4.97. The fraction of sp³-hybridized carbons (Fsp3) is 0.636. The van der Waals surface area contributed by atoms with E-state index in [0.717, 1.165) is 38.6 Å². The fourth-order valence-corrected chi connectivity index (χ4v) is 5.91. The number of amides is 1. The standard InChI is InChI=1S/C22H37N6O3Si/c1-32(2,3)28-16-24-19-20(28)25-15-27(21(19)26-31)14-8-6-4-5-7-13-23-22(30)17-9-11-18(29)12-10-17/h9-12,16,19-21,24-25,29H,4-8,13-15H2,1-3H3,(H,23,30). The second kappa shape index (κ2) is 11.3. The van der Waals surface area contributed by atoms with E-state index in [1.807, 2.05) is 6.67 Å². The number of phenols is 1. The van der Waals surface area contributed by atoms with Gasteiger partial charge in [-0.15, -0.1) is 4.91 Å². The molecule has 3 atom stereocenters. The minimum Gasteiger partial charge on any atom is -0.508 e. The molecular weight excluding hydrogens is 424 g/mol. The first-order valence-electron chi connectivity index (χ1n) is 11.6. The number of nitroso groups, excluding NO2 is 1. The molecule has 10 heteroatoms. The van der Waals surface area contributed by atoms with E-state index in [-0.39, 0.29) is 30.0 Å². The maximum absolute atomic E-state index is 12.0. The summed E-state index contributed by atoms with van der Waals surface area (Å²) in [4.78, 5) is 25.8. The van der Waals surface area contributed by atoms with Crippen molar-refractivity contribution >= 4 is 14.1 Å². The van der Waals surface area contributed by atoms with Gasteiger partial charge < -0.3 is 10.4 Å². The largest absolute Gasteiger partial charge is 0.508 e. The number of carbonyl (C=O) groups is 1. The van der Waals surface area contributed by atoms with Crippen molar-refractivity contribution in [3.05, 3.63) is 41.4 Å². The van der Waals surface area contributed by atoms with Crippen molar-refractivity contribution in [1.29, 1.82) is 0 Å². The maximum Gasteiger partial charge on any atom is 0.251 e. The van der Waals surface area contributed by atoms with Crippen molar-refractivity contribution < 1.29 is 9.90 Å². The number of unbranched alkanes of at least 4 members (excludes halogenated alkanes) is 4. The summed E-state index contributed by atoms with van der Waals surface area (Å²) in [7, 11) is -1.52. The average molecular weight is 462 g/mol. The van der Waals surface area contributed by atoms with Gasteiger partial charge in [-0.3, -0.25) is 24.9 Å². The van der Waals surface area contributed by atoms with Crippen molar-refractivity contribution in [1.82, 2.24) is 25.4 Å². The van der Waals surface area contributed by atoms with Crippen molar-refractivity contribution in [3.63, 3.8) is 0 Å². The van der Waals surface area contributed by atoms with Crippen LogP contribution in [0.2, 0.25) is 19.6 Å². The summed E-state index contributed by atoms with van der Waals surface area (Å²) in [6.45, 7) is 11.1. The molecule has 2 heterocycles. The van der Waals surface area contributed by atoms with E-state index in [0.29, 0.717) is 18.8 Å². The Morgan fingerprint density at radius 1 is 1.16 bits per heavy atom. The van der Waals surface area contributed by atoms with Crippen LogP contribution in [0.5, 0.6) is 5.75 Å². The molecule has 0 aliphatic carbocycles. The summed E-state index contributed by atoms with van der Waals surface area (Å²) in [5.41, 5.74) is 0.556. The highest BCUT2D eigenvalue weighted by Gasteiger charge is 2.48. The number of rotatable bonds is 11. The first-order chi connectivity index (χ1) is 15.3. The van der Waals surface area contributed by atoms with Gasteiger partial charge in [0, 0.05) is 18.7 Å². The topological polar surface area (TPSA) is 109 Å². The van der Waals surface area contributed by atoms with Gasteiger partial charge in [-0.05, 0) is 42.3 Å². The summed E-state index contributed by atoms with van der Waals surface area (Å²) in [6, 6.07) is 6.25. The van der Waals surface area contributed by atoms with Gasteiger partial charge in [0.1, 0.15) is 14.0 Å². The van der Waals surface area contributed by atoms with Gasteiger partial charge >= 0.3 is 0 Å². The van der Waals surface area contributed by atoms with Crippen molar-refractivity contribution in [3.8, 4) is 5.75 Å². The van der Waals surface area contributed by atoms with Crippen molar-refractivity contribution in [2.45, 2.75) is 70.1 Å². The number of fused-ring (bicyclic) bond motifs is 1. The number of carbonyl (C=O) groups excluding carboxylic acids is 1. The minimum atomic E-state index is -1.52. The highest BCUT2D eigenvalue weighted by atomic mass is 28.3. The normalized spacial score (nSPS) is 24.3. The van der Waals surface area contributed by atoms with Gasteiger partial charge in [-0.2, -0.15) is 0 Å². The van der Waals surface area contributed by atoms with Crippen LogP contribution in [0.15, 0.2) is 29.4 Å². The lowest BCUT2D eigenvalue weighted by molar-refractivity contribution is 0.0752. The lowest BCUT2D eigenvalue weighted by Gasteiger charge is -2.44. The molecule has 3 rings (SSSR count). The molecule has 0 saturated carbocycles. The summed E-state index contributed by atoms with van der Waals surface area (Å²) in [5.74, 6) is 0.0436. The van der Waals surface area contributed by atoms with Gasteiger partial charge in [-0.25, -0.2) is 0 Å². The molecule has 0 bridgehead atoms. The first-order valence-corrected chi connectivity index (χ1v) is 15.0. The molecular formula is C22H37N6O3Si. The highest BCUT2D eigenvalue weighted by Crippen LogP contribution is 2.27. The molecule has 4 N–H and O–H groups in total. The lowest BCUT2D eigenvalue weighted by atomic mass is 10.1. The Hall–Kier alpha value is -1.85. The van der Waals surface area contributed by atoms with E-state index in [4.69, 9.17) is 0 Å². The van der Waals surface area contributed by atoms with E-state index in [9.17, 15) is 14.8 Å². The molecule has 1 aromatic carbocycles. The zero-order valence-corrected chi connectivity index (χ0v) is 20.4. The number of hydrogen-bond donors (Lipinski definition) is 4. The SMILES string of the molecule is C[Si](C)(C)N1[CH]NC2C(N=O)N(CCCCCCCNC(=O)c3ccc(O)cc3)CNC21. The number of nitrogens with zero attached hydrogens (tertiary/aromatic N) is 3. The third-order valence-electron chi connectivity index (χ3n) is 6.16. The van der Waals surface area contributed by atoms with Crippen molar-refractivity contribution in [2.75, 3.05) is 19.8 Å². The maximum atomic E-state index is 12.0. The number of aromatic hydroxyl groups is 1. The zero-order chi connectivity index (χ0) is 23.1. The molecule has 2 saturated heterocycles. The van der Waals surface area contributed by atoms with E-state index >= 15 is 0 Å². The monoisotopic (exact) mass is 461 g/mol. The second-order valence-corrected chi connectivity index (χ2v) is 14.5. The fourth-order valence-electron chi connectivity index (χ4n) is 4.36. The summed E-state index contributed by atoms with van der Waals surface area (Å²) < 4.78 is 2.37. The van der Waals surface area contributed by atoms with Gasteiger partial charge in [0.15, 0.2) is 6.17 Å². The van der Waals surface area contributed by atoms with Gasteiger partial charge in [0.2, 0.25) is 0 Å². The molecule has 0 aromatic heterocycles. The molecule has 9 nitrogen and oxygen atoms in total. The quantitative estimate of drug-likeness (QED) is 0.228. The predicted octanol–water partition coefficient (Wildman–Crippen LogP) is 2.58. The number of hydrogen-bond acceptors (Lipinski definition) is 8. The van der Waals surface area contributed by atoms with Crippen LogP contribution >= 0.6 is 0 Å². The Labute approximate surface area is 192 Å². The Kier molecular flexibility index (Phi) is 8.77. The summed E-state index contributed by atoms with van der Waals surface area (Å²) >= 11 is 0. The molecule has 32 heavy (non-hydrogen) atoms. The third kappa shape index (κ3) is 6.35. The number of nitrogens with one attached hydrogen (secondary N) is 3. The molecule has 2 fully saturated rings. The Bertz CT molecular complexity index is 757. The number of phenolic OH excluding ortho intramolecular Hbond substituents is 1. The Morgan fingerprint density at radius 2 is 1.84 bits per heavy atom. The zero-order valence-electron chi connectivity index (χ0n) is 19.4. The molecule has 1 amide bonds. The molecule has 2 aliphatic rings. The van der Waals surface area contributed by atoms with Crippen LogP contribution in [0.4, 0.5) is 0 Å². The molecule has 177 valence electrons. The van der Waals surface area contributed by atoms with E-state index in [1.54, 1.807) is 12.1 Å². The van der Waals surface area contributed by atoms with Gasteiger partial charge in [-0.1, -0.05) is 38.9 Å². The van der Waals surface area contributed by atoms with Crippen LogP contribution in [-0.2, 0) is 0 Å². The summed E-state index contributed by atoms with van der Waals surface area (Å²) in [5, 5.41) is 22.6. The number of benzene rings is 1. The van der Waals surface area contributed by atoms with E-state index < -0.39 is 8.24 Å². The van der Waals surface area contributed by atoms with Crippen LogP contribution in [0.25, 0.3) is 0 Å². The predicted molar refractivity (Wildman–Crippen MR) is 128 cm³/mol. The average Bonchev–Trinajstić information content (AvgIpc) is 3.20. The first kappa shape index (κ1) is 24.8. The van der Waals surface area contributed by atoms with Crippen LogP contribution < -0.4 is 16.0 Å². The van der Waals surface area contributed by atoms with Gasteiger partial charge in [0.25, 0.3) is 5.91 Å². The van der Waals surface area contributed by atoms with Crippen LogP contribution in [0, 0.1) is 11.6 Å². The lowest BCUT2D eigenvalue weighted by Crippen LogP contribution is -2.67. The molecule has 1 radical (unpaired) electrons. The smallest absolute Gasteiger partial charge is 0.251 e. The van der Waals surface area contributed by atoms with E-state index in [2.05, 4.69) is 50.2 Å². The van der Waals surface area contributed by atoms with Crippen LogP contribution in [0.1, 0.15) is 42.5 Å². The molecule has 0 spiro atoms. The molecule has 2 aliphatic heterocycles. The molecule has 1 aromatic rings.